The van der Waals surface area contributed by atoms with Crippen LogP contribution in [0.3, 0.4) is 0 Å². The first-order valence-electron chi connectivity index (χ1n) is 12.0. The van der Waals surface area contributed by atoms with Crippen LogP contribution in [0, 0.1) is 13.8 Å². The zero-order valence-corrected chi connectivity index (χ0v) is 21.2. The van der Waals surface area contributed by atoms with Crippen molar-refractivity contribution in [1.29, 1.82) is 0 Å². The van der Waals surface area contributed by atoms with Crippen molar-refractivity contribution in [1.82, 2.24) is 14.8 Å². The Kier molecular flexibility index (Phi) is 7.38. The van der Waals surface area contributed by atoms with Gasteiger partial charge in [-0.15, -0.1) is 11.3 Å². The average molecular weight is 484 g/mol. The van der Waals surface area contributed by atoms with Gasteiger partial charge in [-0.05, 0) is 71.3 Å². The zero-order valence-electron chi connectivity index (χ0n) is 20.3. The molecule has 2 aliphatic heterocycles. The lowest BCUT2D eigenvalue weighted by molar-refractivity contribution is -0.129. The van der Waals surface area contributed by atoms with Crippen molar-refractivity contribution in [2.75, 3.05) is 26.2 Å². The molecule has 0 radical (unpaired) electrons. The number of likely N-dealkylation sites (tertiary alicyclic amines) is 1. The summed E-state index contributed by atoms with van der Waals surface area (Å²) in [7, 11) is 0. The van der Waals surface area contributed by atoms with Gasteiger partial charge in [0.25, 0.3) is 5.91 Å². The number of piperidine rings is 1. The molecule has 182 valence electrons. The summed E-state index contributed by atoms with van der Waals surface area (Å²) in [4.78, 5) is 35.8. The van der Waals surface area contributed by atoms with Crippen molar-refractivity contribution in [3.63, 3.8) is 0 Å². The second-order valence-corrected chi connectivity index (χ2v) is 10.5. The van der Waals surface area contributed by atoms with E-state index in [1.165, 1.54) is 17.8 Å². The fourth-order valence-corrected chi connectivity index (χ4v) is 5.66. The number of hydrogen-bond acceptors (Lipinski definition) is 7. The number of carbonyl (C=O) groups excluding carboxylic acids is 2. The van der Waals surface area contributed by atoms with E-state index >= 15 is 0 Å². The minimum atomic E-state index is -0.678. The van der Waals surface area contributed by atoms with Crippen molar-refractivity contribution in [2.24, 2.45) is 0 Å². The third kappa shape index (κ3) is 5.03. The van der Waals surface area contributed by atoms with Gasteiger partial charge in [0.05, 0.1) is 33.3 Å². The number of aryl methyl sites for hydroxylation is 2. The summed E-state index contributed by atoms with van der Waals surface area (Å²) in [6.07, 6.45) is 3.54. The second kappa shape index (κ2) is 10.3. The Hall–Kier alpha value is -2.71. The van der Waals surface area contributed by atoms with E-state index < -0.39 is 17.7 Å². The van der Waals surface area contributed by atoms with Crippen molar-refractivity contribution in [2.45, 2.75) is 59.1 Å². The van der Waals surface area contributed by atoms with Crippen LogP contribution in [0.1, 0.15) is 65.1 Å². The first-order valence-corrected chi connectivity index (χ1v) is 12.8. The number of thiazole rings is 1. The van der Waals surface area contributed by atoms with Crippen LogP contribution in [0.5, 0.6) is 5.75 Å². The largest absolute Gasteiger partial charge is 0.503 e. The molecule has 2 aromatic rings. The Morgan fingerprint density at radius 1 is 1.21 bits per heavy atom. The Morgan fingerprint density at radius 2 is 1.94 bits per heavy atom. The summed E-state index contributed by atoms with van der Waals surface area (Å²) >= 11 is 1.29. The normalized spacial score (nSPS) is 19.4. The number of ketones is 1. The van der Waals surface area contributed by atoms with Crippen molar-refractivity contribution < 1.29 is 19.4 Å². The predicted octanol–water partition coefficient (Wildman–Crippen LogP) is 4.61. The first-order chi connectivity index (χ1) is 16.3. The summed E-state index contributed by atoms with van der Waals surface area (Å²) in [5.41, 5.74) is 1.48. The number of aliphatic hydroxyl groups excluding tert-OH is 1. The van der Waals surface area contributed by atoms with Crippen LogP contribution >= 0.6 is 11.3 Å². The van der Waals surface area contributed by atoms with Gasteiger partial charge >= 0.3 is 0 Å². The maximum Gasteiger partial charge on any atom is 0.290 e. The Bertz CT molecular complexity index is 1100. The number of nitrogens with zero attached hydrogens (tertiary/aromatic N) is 3. The van der Waals surface area contributed by atoms with E-state index in [9.17, 15) is 14.7 Å². The van der Waals surface area contributed by atoms with Crippen LogP contribution in [-0.4, -0.2) is 63.9 Å². The highest BCUT2D eigenvalue weighted by molar-refractivity contribution is 7.14. The maximum atomic E-state index is 13.7. The summed E-state index contributed by atoms with van der Waals surface area (Å²) in [5, 5.41) is 11.7. The molecule has 1 amide bonds. The average Bonchev–Trinajstić information content (AvgIpc) is 3.27. The molecule has 8 heteroatoms. The number of Topliss-reactive ketones (excluding diaryl/α,β-unsaturated/α-hetero) is 1. The number of aliphatic hydroxyl groups is 1. The lowest BCUT2D eigenvalue weighted by atomic mass is 9.95. The Balaban J connectivity index is 1.71. The van der Waals surface area contributed by atoms with Gasteiger partial charge in [-0.3, -0.25) is 9.59 Å². The number of carbonyl (C=O) groups is 2. The summed E-state index contributed by atoms with van der Waals surface area (Å²) in [6.45, 7) is 10.7. The van der Waals surface area contributed by atoms with E-state index in [1.54, 1.807) is 11.8 Å². The summed E-state index contributed by atoms with van der Waals surface area (Å²) in [6, 6.07) is 6.79. The zero-order chi connectivity index (χ0) is 24.4. The molecule has 1 N–H and O–H groups in total. The van der Waals surface area contributed by atoms with Crippen LogP contribution in [0.2, 0.25) is 0 Å². The van der Waals surface area contributed by atoms with Gasteiger partial charge in [0.15, 0.2) is 5.76 Å². The maximum absolute atomic E-state index is 13.7. The lowest BCUT2D eigenvalue weighted by Crippen LogP contribution is -2.40. The minimum Gasteiger partial charge on any atom is -0.503 e. The minimum absolute atomic E-state index is 0.0106. The number of amides is 1. The van der Waals surface area contributed by atoms with Gasteiger partial charge in [0.2, 0.25) is 5.78 Å². The molecule has 4 rings (SSSR count). The van der Waals surface area contributed by atoms with Crippen LogP contribution in [-0.2, 0) is 4.79 Å². The quantitative estimate of drug-likeness (QED) is 0.552. The SMILES string of the molecule is Cc1nc(C)c(C(=O)C2=C(O)C(=O)N(CCN3CCCCC3)C2c2cccc(OC(C)C)c2)s1. The van der Waals surface area contributed by atoms with Crippen molar-refractivity contribution >= 4 is 23.0 Å². The summed E-state index contributed by atoms with van der Waals surface area (Å²) < 4.78 is 5.88. The highest BCUT2D eigenvalue weighted by Crippen LogP contribution is 2.41. The van der Waals surface area contributed by atoms with Crippen molar-refractivity contribution in [3.8, 4) is 5.75 Å². The fraction of sp³-hybridized carbons (Fsp3) is 0.500. The van der Waals surface area contributed by atoms with Crippen LogP contribution in [0.4, 0.5) is 0 Å². The molecule has 34 heavy (non-hydrogen) atoms. The van der Waals surface area contributed by atoms with Gasteiger partial charge in [-0.25, -0.2) is 4.98 Å². The van der Waals surface area contributed by atoms with E-state index in [0.717, 1.165) is 36.5 Å². The number of benzene rings is 1. The van der Waals surface area contributed by atoms with Crippen LogP contribution < -0.4 is 4.74 Å². The number of ether oxygens (including phenoxy) is 1. The first kappa shape index (κ1) is 24.4. The van der Waals surface area contributed by atoms with E-state index in [1.807, 2.05) is 45.0 Å². The van der Waals surface area contributed by atoms with Gasteiger partial charge in [-0.1, -0.05) is 18.6 Å². The molecule has 1 aromatic heterocycles. The Labute approximate surface area is 205 Å². The molecule has 2 aliphatic rings. The monoisotopic (exact) mass is 483 g/mol. The molecule has 1 aromatic carbocycles. The molecule has 0 spiro atoms. The lowest BCUT2D eigenvalue weighted by Gasteiger charge is -2.32. The highest BCUT2D eigenvalue weighted by Gasteiger charge is 2.44. The van der Waals surface area contributed by atoms with E-state index in [4.69, 9.17) is 4.74 Å². The number of hydrogen-bond donors (Lipinski definition) is 1. The van der Waals surface area contributed by atoms with Gasteiger partial charge in [-0.2, -0.15) is 0 Å². The molecule has 1 atom stereocenters. The van der Waals surface area contributed by atoms with Gasteiger partial charge < -0.3 is 19.6 Å². The summed E-state index contributed by atoms with van der Waals surface area (Å²) in [5.74, 6) is -0.637. The van der Waals surface area contributed by atoms with Gasteiger partial charge in [0, 0.05) is 13.1 Å². The molecule has 1 unspecified atom stereocenters. The molecular weight excluding hydrogens is 450 g/mol. The van der Waals surface area contributed by atoms with E-state index in [-0.39, 0.29) is 17.5 Å². The van der Waals surface area contributed by atoms with Crippen molar-refractivity contribution in [3.05, 3.63) is 56.7 Å². The molecule has 7 nitrogen and oxygen atoms in total. The molecule has 1 fully saturated rings. The third-order valence-electron chi connectivity index (χ3n) is 6.31. The van der Waals surface area contributed by atoms with Crippen LogP contribution in [0.15, 0.2) is 35.6 Å². The van der Waals surface area contributed by atoms with Crippen LogP contribution in [0.25, 0.3) is 0 Å². The molecular formula is C26H33N3O4S. The number of aromatic nitrogens is 1. The van der Waals surface area contributed by atoms with Gasteiger partial charge in [0.1, 0.15) is 5.75 Å². The predicted molar refractivity (Wildman–Crippen MR) is 133 cm³/mol. The molecule has 0 saturated carbocycles. The molecule has 0 aliphatic carbocycles. The highest BCUT2D eigenvalue weighted by atomic mass is 32.1. The Morgan fingerprint density at radius 3 is 2.59 bits per heavy atom. The van der Waals surface area contributed by atoms with E-state index in [2.05, 4.69) is 9.88 Å². The molecule has 0 bridgehead atoms. The molecule has 3 heterocycles. The standard InChI is InChI=1S/C26H33N3O4S/c1-16(2)33-20-10-8-9-19(15-20)22-21(23(30)25-17(3)27-18(4)34-25)24(31)26(32)29(22)14-13-28-11-6-5-7-12-28/h8-10,15-16,22,31H,5-7,11-14H2,1-4H3. The smallest absolute Gasteiger partial charge is 0.290 e. The van der Waals surface area contributed by atoms with E-state index in [0.29, 0.717) is 29.4 Å². The topological polar surface area (TPSA) is 83.0 Å². The number of rotatable bonds is 8. The second-order valence-electron chi connectivity index (χ2n) is 9.28. The third-order valence-corrected chi connectivity index (χ3v) is 7.38. The molecule has 1 saturated heterocycles. The fourth-order valence-electron chi connectivity index (χ4n) is 4.79.